The number of amides is 7. The Hall–Kier alpha value is -7.88. The number of halogens is 1. The number of likely N-dealkylation sites (tertiary alicyclic amines) is 2. The molecule has 2 unspecified atom stereocenters. The van der Waals surface area contributed by atoms with E-state index in [1.165, 1.54) is 42.1 Å². The van der Waals surface area contributed by atoms with Gasteiger partial charge in [-0.3, -0.25) is 82.3 Å². The van der Waals surface area contributed by atoms with E-state index in [0.717, 1.165) is 29.1 Å². The van der Waals surface area contributed by atoms with Crippen molar-refractivity contribution in [3.05, 3.63) is 71.4 Å². The summed E-state index contributed by atoms with van der Waals surface area (Å²) in [5.41, 5.74) is 1.46. The Kier molecular flexibility index (Phi) is 29.6. The van der Waals surface area contributed by atoms with Crippen LogP contribution in [0.5, 0.6) is 5.75 Å². The maximum absolute atomic E-state index is 14.6. The molecule has 4 fully saturated rings. The molecule has 7 amide bonds. The molecule has 4 atom stereocenters. The van der Waals surface area contributed by atoms with Crippen LogP contribution >= 0.6 is 11.8 Å². The number of benzene rings is 2. The number of thioether (sulfide) groups is 1. The van der Waals surface area contributed by atoms with Gasteiger partial charge in [0.1, 0.15) is 37.5 Å². The van der Waals surface area contributed by atoms with Crippen molar-refractivity contribution in [3.8, 4) is 11.8 Å². The van der Waals surface area contributed by atoms with E-state index in [1.807, 2.05) is 27.7 Å². The Morgan fingerprint density at radius 2 is 1.44 bits per heavy atom. The van der Waals surface area contributed by atoms with Crippen LogP contribution in [-0.4, -0.2) is 283 Å². The number of aromatic nitrogens is 1. The van der Waals surface area contributed by atoms with Gasteiger partial charge >= 0.3 is 5.97 Å². The maximum atomic E-state index is 14.6. The van der Waals surface area contributed by atoms with E-state index >= 15 is 0 Å². The normalized spacial score (nSPS) is 20.2. The first-order valence-corrected chi connectivity index (χ1v) is 33.2. The Labute approximate surface area is 552 Å². The molecular formula is C65H90FN13O14S. The number of ether oxygens (including phenoxy) is 3. The predicted octanol–water partition coefficient (Wildman–Crippen LogP) is 1.65. The number of rotatable bonds is 34. The van der Waals surface area contributed by atoms with Gasteiger partial charge in [-0.15, -0.1) is 11.8 Å². The number of unbranched alkanes of at least 4 members (excludes halogenated alkanes) is 2. The van der Waals surface area contributed by atoms with Crippen LogP contribution in [0.2, 0.25) is 0 Å². The van der Waals surface area contributed by atoms with Gasteiger partial charge in [-0.05, 0) is 75.8 Å². The van der Waals surface area contributed by atoms with Gasteiger partial charge in [-0.2, -0.15) is 5.26 Å². The monoisotopic (exact) mass is 1330 g/mol. The van der Waals surface area contributed by atoms with E-state index in [2.05, 4.69) is 50.1 Å². The van der Waals surface area contributed by atoms with Crippen molar-refractivity contribution in [2.75, 3.05) is 151 Å². The zero-order chi connectivity index (χ0) is 67.4. The first-order valence-electron chi connectivity index (χ1n) is 32.3. The molecule has 512 valence electrons. The number of nitrogens with zero attached hydrogens (tertiary/aromatic N) is 10. The van der Waals surface area contributed by atoms with Crippen LogP contribution in [-0.2, 0) is 59.0 Å². The molecule has 7 rings (SSSR count). The highest BCUT2D eigenvalue weighted by atomic mass is 32.2. The second-order valence-electron chi connectivity index (χ2n) is 24.5. The fourth-order valence-corrected chi connectivity index (χ4v) is 13.2. The third kappa shape index (κ3) is 24.2. The Morgan fingerprint density at radius 1 is 0.777 bits per heavy atom. The molecular weight excluding hydrogens is 1240 g/mol. The molecule has 0 radical (unpaired) electrons. The van der Waals surface area contributed by atoms with Crippen molar-refractivity contribution >= 4 is 82.9 Å². The van der Waals surface area contributed by atoms with Crippen molar-refractivity contribution in [2.45, 2.75) is 100 Å². The van der Waals surface area contributed by atoms with Crippen molar-refractivity contribution in [1.29, 1.82) is 5.26 Å². The minimum Gasteiger partial charge on any atom is -0.494 e. The molecule has 2 aromatic carbocycles. The molecule has 0 bridgehead atoms. The molecule has 4 N–H and O–H groups in total. The molecule has 0 aliphatic carbocycles. The van der Waals surface area contributed by atoms with Gasteiger partial charge < -0.3 is 45.1 Å². The summed E-state index contributed by atoms with van der Waals surface area (Å²) >= 11 is 1.30. The zero-order valence-corrected chi connectivity index (χ0v) is 54.7. The summed E-state index contributed by atoms with van der Waals surface area (Å²) in [4.78, 5) is 146. The lowest BCUT2D eigenvalue weighted by Gasteiger charge is -2.35. The molecule has 4 aliphatic heterocycles. The largest absolute Gasteiger partial charge is 0.494 e. The third-order valence-electron chi connectivity index (χ3n) is 17.1. The summed E-state index contributed by atoms with van der Waals surface area (Å²) in [6.45, 7) is 9.15. The number of imide groups is 1. The quantitative estimate of drug-likeness (QED) is 0.0375. The number of nitriles is 1. The second-order valence-corrected chi connectivity index (χ2v) is 26.0. The minimum atomic E-state index is -1.69. The molecule has 0 saturated carbocycles. The van der Waals surface area contributed by atoms with Crippen molar-refractivity contribution < 1.29 is 71.7 Å². The number of piperazine rings is 1. The topological polar surface area (TPSA) is 317 Å². The third-order valence-corrected chi connectivity index (χ3v) is 18.6. The van der Waals surface area contributed by atoms with Crippen LogP contribution in [0.3, 0.4) is 0 Å². The zero-order valence-electron chi connectivity index (χ0n) is 53.9. The number of hydrogen-bond acceptors (Lipinski definition) is 21. The number of carbonyl (C=O) groups excluding carboxylic acids is 9. The molecule has 29 heteroatoms. The minimum absolute atomic E-state index is 0.00542. The highest BCUT2D eigenvalue weighted by Crippen LogP contribution is 2.32. The molecule has 4 saturated heterocycles. The number of pyridine rings is 1. The molecule has 27 nitrogen and oxygen atoms in total. The summed E-state index contributed by atoms with van der Waals surface area (Å²) in [6, 6.07) is 16.0. The highest BCUT2D eigenvalue weighted by molar-refractivity contribution is 8.01. The SMILES string of the molecule is Cc1ccc(CCCC(=O)NCCCCC[C@H](CNC(=O)CN2CCN(COC=O)CCN(COC=O)CCN(CC(=O)O)CC2)SC2CC(=O)N(CC(=O)N3CCN(CCCOc4ccc5nccc(C(=O)NCC(=O)N6CC(C)(F)C[C@@H]6C#N)c5c4)CC3)C2=O)cc1. The molecule has 5 heterocycles. The van der Waals surface area contributed by atoms with Gasteiger partial charge in [0.15, 0.2) is 0 Å². The van der Waals surface area contributed by atoms with E-state index in [9.17, 15) is 62.7 Å². The number of carboxylic acid groups (broad SMARTS) is 1. The first-order chi connectivity index (χ1) is 45.3. The molecule has 4 aliphatic rings. The number of hydrogen-bond donors (Lipinski definition) is 4. The molecule has 3 aromatic rings. The number of carboxylic acids is 1. The van der Waals surface area contributed by atoms with Crippen molar-refractivity contribution in [1.82, 2.24) is 60.1 Å². The van der Waals surface area contributed by atoms with Gasteiger partial charge in [-0.25, -0.2) is 4.39 Å². The molecule has 94 heavy (non-hydrogen) atoms. The lowest BCUT2D eigenvalue weighted by atomic mass is 10.1. The van der Waals surface area contributed by atoms with Crippen LogP contribution in [0, 0.1) is 18.3 Å². The van der Waals surface area contributed by atoms with Crippen LogP contribution in [0.4, 0.5) is 4.39 Å². The van der Waals surface area contributed by atoms with Crippen molar-refractivity contribution in [2.24, 2.45) is 0 Å². The second kappa shape index (κ2) is 37.9. The number of aryl methyl sites for hydroxylation is 2. The highest BCUT2D eigenvalue weighted by Gasteiger charge is 2.44. The van der Waals surface area contributed by atoms with E-state index < -0.39 is 59.6 Å². The average molecular weight is 1330 g/mol. The number of alkyl halides is 1. The van der Waals surface area contributed by atoms with Crippen LogP contribution in [0.15, 0.2) is 54.7 Å². The van der Waals surface area contributed by atoms with Gasteiger partial charge in [0, 0.05) is 134 Å². The number of aliphatic carboxylic acids is 1. The summed E-state index contributed by atoms with van der Waals surface area (Å²) < 4.78 is 30.8. The van der Waals surface area contributed by atoms with Crippen LogP contribution in [0.25, 0.3) is 10.9 Å². The maximum Gasteiger partial charge on any atom is 0.317 e. The van der Waals surface area contributed by atoms with Gasteiger partial charge in [0.2, 0.25) is 35.4 Å². The standard InChI is InChI=1S/C65H90FN13O14S/c1-48-11-13-49(14-12-48)8-6-10-57(82)69-18-5-3-4-9-52(38-70-58(83)40-73-21-22-74(42-62(87)88)24-26-76(45-92-47-81)28-27-75(25-23-73)44-91-46-80)94-56-35-59(84)78(64(56)90)41-61(86)77-31-29-72(30-32-77)20-7-33-93-51-15-16-55-54(34-51)53(17-19-68-55)63(89)71-39-60(85)79-43-65(2,66)36-50(79)37-67/h11-17,19,34,46-47,50,52,56H,3-10,18,20-33,35-36,38-45H2,1-2H3,(H,69,82)(H,70,83)(H,71,89)(H,87,88)/t50-,52-,56?,65?/m1/s1. The van der Waals surface area contributed by atoms with E-state index in [-0.39, 0.29) is 81.0 Å². The smallest absolute Gasteiger partial charge is 0.317 e. The Bertz CT molecular complexity index is 3100. The number of nitrogens with one attached hydrogen (secondary N) is 3. The lowest BCUT2D eigenvalue weighted by molar-refractivity contribution is -0.146. The van der Waals surface area contributed by atoms with E-state index in [1.54, 1.807) is 28.0 Å². The fourth-order valence-electron chi connectivity index (χ4n) is 11.8. The van der Waals surface area contributed by atoms with E-state index in [4.69, 9.17) is 14.2 Å². The summed E-state index contributed by atoms with van der Waals surface area (Å²) in [5, 5.41) is 27.2. The lowest BCUT2D eigenvalue weighted by Crippen LogP contribution is -2.52. The van der Waals surface area contributed by atoms with Gasteiger partial charge in [-0.1, -0.05) is 42.7 Å². The molecule has 0 spiro atoms. The Morgan fingerprint density at radius 3 is 2.10 bits per heavy atom. The van der Waals surface area contributed by atoms with Crippen molar-refractivity contribution in [3.63, 3.8) is 0 Å². The number of fused-ring (bicyclic) bond motifs is 1. The Balaban J connectivity index is 0.879. The van der Waals surface area contributed by atoms with Crippen LogP contribution in [0.1, 0.15) is 86.2 Å². The average Bonchev–Trinajstić information content (AvgIpc) is 1.28. The van der Waals surface area contributed by atoms with Gasteiger partial charge in [0.25, 0.3) is 18.9 Å². The first kappa shape index (κ1) is 73.5. The summed E-state index contributed by atoms with van der Waals surface area (Å²) in [5.74, 6) is -3.21. The van der Waals surface area contributed by atoms with Crippen LogP contribution < -0.4 is 20.7 Å². The summed E-state index contributed by atoms with van der Waals surface area (Å²) in [7, 11) is 0. The van der Waals surface area contributed by atoms with Gasteiger partial charge in [0.05, 0.1) is 55.2 Å². The fraction of sp³-hybridized carbons (Fsp3) is 0.600. The van der Waals surface area contributed by atoms with E-state index in [0.29, 0.717) is 160 Å². The molecule has 1 aromatic heterocycles. The number of carbonyl (C=O) groups is 10. The predicted molar refractivity (Wildman–Crippen MR) is 345 cm³/mol. The summed E-state index contributed by atoms with van der Waals surface area (Å²) in [6.07, 6.45) is 6.59.